The lowest BCUT2D eigenvalue weighted by Crippen LogP contribution is -2.50. The second-order valence-corrected chi connectivity index (χ2v) is 7.26. The fourth-order valence-corrected chi connectivity index (χ4v) is 3.52. The topological polar surface area (TPSA) is 79.8 Å². The summed E-state index contributed by atoms with van der Waals surface area (Å²) in [5.41, 5.74) is 2.17. The van der Waals surface area contributed by atoms with Gasteiger partial charge in [0.25, 0.3) is 0 Å². The van der Waals surface area contributed by atoms with Gasteiger partial charge in [-0.05, 0) is 54.6 Å². The number of piperazine rings is 1. The van der Waals surface area contributed by atoms with E-state index in [9.17, 15) is 9.18 Å². The van der Waals surface area contributed by atoms with Crippen molar-refractivity contribution in [2.45, 2.75) is 0 Å². The van der Waals surface area contributed by atoms with Crippen molar-refractivity contribution in [3.63, 3.8) is 0 Å². The van der Waals surface area contributed by atoms with E-state index >= 15 is 0 Å². The van der Waals surface area contributed by atoms with E-state index in [2.05, 4.69) is 20.4 Å². The third-order valence-electron chi connectivity index (χ3n) is 5.32. The molecule has 1 N–H and O–H groups in total. The molecule has 1 aromatic heterocycles. The fourth-order valence-electron chi connectivity index (χ4n) is 3.52. The second-order valence-electron chi connectivity index (χ2n) is 7.26. The number of halogens is 1. The molecule has 0 radical (unpaired) electrons. The number of hydrogen-bond donors (Lipinski definition) is 1. The van der Waals surface area contributed by atoms with Crippen molar-refractivity contribution in [2.75, 3.05) is 50.6 Å². The highest BCUT2D eigenvalue weighted by atomic mass is 19.1. The van der Waals surface area contributed by atoms with E-state index in [1.54, 1.807) is 31.3 Å². The molecular formula is C23H24FN5O3. The molecule has 9 heteroatoms. The monoisotopic (exact) mass is 437 g/mol. The summed E-state index contributed by atoms with van der Waals surface area (Å²) in [7, 11) is 3.19. The Bertz CT molecular complexity index is 1070. The molecular weight excluding hydrogens is 413 g/mol. The van der Waals surface area contributed by atoms with Crippen LogP contribution in [0, 0.1) is 5.82 Å². The highest BCUT2D eigenvalue weighted by molar-refractivity contribution is 5.89. The van der Waals surface area contributed by atoms with Crippen molar-refractivity contribution in [1.82, 2.24) is 15.1 Å². The lowest BCUT2D eigenvalue weighted by Gasteiger charge is -2.35. The van der Waals surface area contributed by atoms with Crippen molar-refractivity contribution in [2.24, 2.45) is 0 Å². The quantitative estimate of drug-likeness (QED) is 0.656. The normalized spacial score (nSPS) is 13.6. The summed E-state index contributed by atoms with van der Waals surface area (Å²) in [4.78, 5) is 16.3. The van der Waals surface area contributed by atoms with Gasteiger partial charge in [-0.1, -0.05) is 0 Å². The van der Waals surface area contributed by atoms with Crippen molar-refractivity contribution >= 4 is 17.5 Å². The van der Waals surface area contributed by atoms with E-state index in [0.29, 0.717) is 43.4 Å². The molecule has 2 amide bonds. The zero-order chi connectivity index (χ0) is 22.5. The lowest BCUT2D eigenvalue weighted by atomic mass is 10.1. The number of aromatic nitrogens is 2. The van der Waals surface area contributed by atoms with E-state index in [-0.39, 0.29) is 11.8 Å². The Kier molecular flexibility index (Phi) is 6.34. The first-order chi connectivity index (χ1) is 15.6. The van der Waals surface area contributed by atoms with Gasteiger partial charge in [-0.2, -0.15) is 0 Å². The lowest BCUT2D eigenvalue weighted by molar-refractivity contribution is 0.208. The van der Waals surface area contributed by atoms with Crippen molar-refractivity contribution < 1.29 is 18.7 Å². The van der Waals surface area contributed by atoms with Gasteiger partial charge in [0.15, 0.2) is 17.3 Å². The maximum absolute atomic E-state index is 13.0. The average Bonchev–Trinajstić information content (AvgIpc) is 2.85. The molecule has 1 aliphatic rings. The summed E-state index contributed by atoms with van der Waals surface area (Å²) < 4.78 is 23.6. The number of nitrogens with one attached hydrogen (secondary N) is 1. The van der Waals surface area contributed by atoms with Crippen LogP contribution in [0.15, 0.2) is 54.6 Å². The van der Waals surface area contributed by atoms with Gasteiger partial charge in [-0.3, -0.25) is 0 Å². The number of carbonyl (C=O) groups is 1. The minimum Gasteiger partial charge on any atom is -0.493 e. The average molecular weight is 437 g/mol. The number of anilines is 2. The summed E-state index contributed by atoms with van der Waals surface area (Å²) in [6.45, 7) is 2.38. The maximum Gasteiger partial charge on any atom is 0.321 e. The Morgan fingerprint density at radius 2 is 1.62 bits per heavy atom. The van der Waals surface area contributed by atoms with Crippen LogP contribution in [-0.4, -0.2) is 61.5 Å². The van der Waals surface area contributed by atoms with E-state index in [4.69, 9.17) is 9.47 Å². The highest BCUT2D eigenvalue weighted by Gasteiger charge is 2.22. The van der Waals surface area contributed by atoms with E-state index in [0.717, 1.165) is 17.1 Å². The summed E-state index contributed by atoms with van der Waals surface area (Å²) in [6.07, 6.45) is 0. The number of hydrogen-bond acceptors (Lipinski definition) is 6. The van der Waals surface area contributed by atoms with Gasteiger partial charge in [0.05, 0.1) is 19.9 Å². The molecule has 166 valence electrons. The molecule has 8 nitrogen and oxygen atoms in total. The minimum atomic E-state index is -0.338. The van der Waals surface area contributed by atoms with E-state index in [1.807, 2.05) is 30.3 Å². The number of benzene rings is 2. The highest BCUT2D eigenvalue weighted by Crippen LogP contribution is 2.31. The van der Waals surface area contributed by atoms with Gasteiger partial charge in [-0.25, -0.2) is 9.18 Å². The van der Waals surface area contributed by atoms with Crippen molar-refractivity contribution in [1.29, 1.82) is 0 Å². The van der Waals surface area contributed by atoms with Gasteiger partial charge in [0.2, 0.25) is 0 Å². The summed E-state index contributed by atoms with van der Waals surface area (Å²) in [6, 6.07) is 15.0. The first-order valence-electron chi connectivity index (χ1n) is 10.2. The molecule has 0 aliphatic carbocycles. The van der Waals surface area contributed by atoms with Crippen LogP contribution in [-0.2, 0) is 0 Å². The van der Waals surface area contributed by atoms with Crippen LogP contribution in [0.5, 0.6) is 11.5 Å². The molecule has 0 atom stereocenters. The number of methoxy groups -OCH3 is 2. The summed E-state index contributed by atoms with van der Waals surface area (Å²) in [5.74, 6) is 1.70. The minimum absolute atomic E-state index is 0.203. The molecule has 1 aliphatic heterocycles. The third-order valence-corrected chi connectivity index (χ3v) is 5.32. The first kappa shape index (κ1) is 21.4. The molecule has 1 saturated heterocycles. The predicted octanol–water partition coefficient (Wildman–Crippen LogP) is 3.65. The Labute approximate surface area is 185 Å². The smallest absolute Gasteiger partial charge is 0.321 e. The van der Waals surface area contributed by atoms with Gasteiger partial charge >= 0.3 is 6.03 Å². The van der Waals surface area contributed by atoms with Crippen LogP contribution in [0.2, 0.25) is 0 Å². The number of urea groups is 1. The second kappa shape index (κ2) is 9.51. The number of carbonyl (C=O) groups excluding carboxylic acids is 1. The van der Waals surface area contributed by atoms with Crippen LogP contribution < -0.4 is 19.7 Å². The van der Waals surface area contributed by atoms with E-state index < -0.39 is 0 Å². The molecule has 0 bridgehead atoms. The maximum atomic E-state index is 13.0. The Morgan fingerprint density at radius 1 is 0.906 bits per heavy atom. The van der Waals surface area contributed by atoms with Crippen LogP contribution in [0.25, 0.3) is 11.3 Å². The number of nitrogens with zero attached hydrogens (tertiary/aromatic N) is 4. The molecule has 0 spiro atoms. The van der Waals surface area contributed by atoms with E-state index in [1.165, 1.54) is 12.1 Å². The molecule has 0 unspecified atom stereocenters. The molecule has 0 saturated carbocycles. The predicted molar refractivity (Wildman–Crippen MR) is 120 cm³/mol. The Morgan fingerprint density at radius 3 is 2.25 bits per heavy atom. The third kappa shape index (κ3) is 4.72. The number of rotatable bonds is 5. The zero-order valence-electron chi connectivity index (χ0n) is 17.9. The Hall–Kier alpha value is -3.88. The fraction of sp³-hybridized carbons (Fsp3) is 0.261. The van der Waals surface area contributed by atoms with Crippen LogP contribution >= 0.6 is 0 Å². The van der Waals surface area contributed by atoms with Crippen molar-refractivity contribution in [3.05, 3.63) is 60.4 Å². The molecule has 2 aromatic carbocycles. The van der Waals surface area contributed by atoms with Crippen LogP contribution in [0.3, 0.4) is 0 Å². The molecule has 4 rings (SSSR count). The molecule has 32 heavy (non-hydrogen) atoms. The van der Waals surface area contributed by atoms with Gasteiger partial charge in [-0.15, -0.1) is 10.2 Å². The molecule has 1 fully saturated rings. The Balaban J connectivity index is 1.36. The molecule has 2 heterocycles. The van der Waals surface area contributed by atoms with Gasteiger partial charge in [0.1, 0.15) is 5.82 Å². The van der Waals surface area contributed by atoms with Crippen LogP contribution in [0.4, 0.5) is 20.7 Å². The zero-order valence-corrected chi connectivity index (χ0v) is 17.9. The van der Waals surface area contributed by atoms with Crippen molar-refractivity contribution in [3.8, 4) is 22.8 Å². The standard InChI is InChI=1S/C23H24FN5O3/c1-31-20-9-3-16(15-21(20)32-2)19-8-10-22(27-26-19)28-11-13-29(14-12-28)23(30)25-18-6-4-17(24)5-7-18/h3-10,15H,11-14H2,1-2H3,(H,25,30). The summed E-state index contributed by atoms with van der Waals surface area (Å²) >= 11 is 0. The molecule has 3 aromatic rings. The largest absolute Gasteiger partial charge is 0.493 e. The first-order valence-corrected chi connectivity index (χ1v) is 10.2. The van der Waals surface area contributed by atoms with Gasteiger partial charge in [0, 0.05) is 37.4 Å². The van der Waals surface area contributed by atoms with Crippen LogP contribution in [0.1, 0.15) is 0 Å². The number of amides is 2. The number of ether oxygens (including phenoxy) is 2. The SMILES string of the molecule is COc1ccc(-c2ccc(N3CCN(C(=O)Nc4ccc(F)cc4)CC3)nn2)cc1OC. The van der Waals surface area contributed by atoms with Gasteiger partial charge < -0.3 is 24.6 Å². The summed E-state index contributed by atoms with van der Waals surface area (Å²) in [5, 5.41) is 11.5.